The molecule has 1 amide bonds. The highest BCUT2D eigenvalue weighted by atomic mass is 35.5. The van der Waals surface area contributed by atoms with E-state index in [0.29, 0.717) is 17.3 Å². The van der Waals surface area contributed by atoms with Crippen LogP contribution in [0.4, 0.5) is 16.3 Å². The highest BCUT2D eigenvalue weighted by Gasteiger charge is 2.22. The molecule has 5 nitrogen and oxygen atoms in total. The zero-order chi connectivity index (χ0) is 13.9. The minimum atomic E-state index is -0.546. The van der Waals surface area contributed by atoms with E-state index in [-0.39, 0.29) is 5.82 Å². The van der Waals surface area contributed by atoms with Crippen molar-refractivity contribution in [1.29, 1.82) is 0 Å². The van der Waals surface area contributed by atoms with Crippen molar-refractivity contribution in [2.24, 2.45) is 0 Å². The van der Waals surface area contributed by atoms with Gasteiger partial charge in [0.15, 0.2) is 0 Å². The van der Waals surface area contributed by atoms with Crippen LogP contribution in [0.15, 0.2) is 12.3 Å². The number of nitrogen functional groups attached to an aromatic ring is 1. The molecule has 1 rings (SSSR count). The molecular formula is C12H18ClN3O2. The Labute approximate surface area is 112 Å². The highest BCUT2D eigenvalue weighted by Crippen LogP contribution is 2.24. The first-order valence-electron chi connectivity index (χ1n) is 5.66. The Bertz CT molecular complexity index is 443. The van der Waals surface area contributed by atoms with Gasteiger partial charge in [-0.2, -0.15) is 0 Å². The van der Waals surface area contributed by atoms with Gasteiger partial charge in [-0.15, -0.1) is 0 Å². The first-order chi connectivity index (χ1) is 8.24. The number of aromatic nitrogens is 1. The molecule has 0 saturated heterocycles. The molecule has 1 aromatic rings. The van der Waals surface area contributed by atoms with E-state index in [1.807, 2.05) is 27.7 Å². The van der Waals surface area contributed by atoms with E-state index >= 15 is 0 Å². The number of nitrogens with two attached hydrogens (primary N) is 1. The molecule has 0 aliphatic heterocycles. The van der Waals surface area contributed by atoms with Crippen LogP contribution < -0.4 is 10.6 Å². The lowest BCUT2D eigenvalue weighted by Crippen LogP contribution is -2.36. The number of hydrogen-bond donors (Lipinski definition) is 1. The van der Waals surface area contributed by atoms with E-state index in [0.717, 1.165) is 0 Å². The maximum atomic E-state index is 12.0. The molecule has 100 valence electrons. The first kappa shape index (κ1) is 14.6. The smallest absolute Gasteiger partial charge is 0.414 e. The number of ether oxygens (including phenoxy) is 1. The van der Waals surface area contributed by atoms with Crippen LogP contribution in [0, 0.1) is 0 Å². The molecule has 6 heteroatoms. The van der Waals surface area contributed by atoms with Crippen molar-refractivity contribution in [2.45, 2.75) is 33.3 Å². The van der Waals surface area contributed by atoms with Gasteiger partial charge in [-0.05, 0) is 33.8 Å². The predicted octanol–water partition coefficient (Wildman–Crippen LogP) is 3.08. The second-order valence-corrected chi connectivity index (χ2v) is 5.19. The highest BCUT2D eigenvalue weighted by molar-refractivity contribution is 6.33. The lowest BCUT2D eigenvalue weighted by atomic mass is 10.2. The van der Waals surface area contributed by atoms with Crippen LogP contribution in [-0.2, 0) is 4.74 Å². The Balaban J connectivity index is 2.95. The van der Waals surface area contributed by atoms with Gasteiger partial charge in [0.05, 0.1) is 16.9 Å². The summed E-state index contributed by atoms with van der Waals surface area (Å²) in [5, 5.41) is 0.314. The summed E-state index contributed by atoms with van der Waals surface area (Å²) < 4.78 is 5.30. The van der Waals surface area contributed by atoms with Crippen LogP contribution >= 0.6 is 11.6 Å². The average Bonchev–Trinajstić information content (AvgIpc) is 2.21. The molecule has 0 atom stereocenters. The number of nitrogens with zero attached hydrogens (tertiary/aromatic N) is 2. The van der Waals surface area contributed by atoms with Crippen LogP contribution in [0.1, 0.15) is 27.7 Å². The fourth-order valence-electron chi connectivity index (χ4n) is 1.32. The number of halogens is 1. The summed E-state index contributed by atoms with van der Waals surface area (Å²) >= 11 is 5.89. The van der Waals surface area contributed by atoms with Crippen LogP contribution in [-0.4, -0.2) is 23.2 Å². The monoisotopic (exact) mass is 271 g/mol. The van der Waals surface area contributed by atoms with Gasteiger partial charge in [-0.1, -0.05) is 11.6 Å². The summed E-state index contributed by atoms with van der Waals surface area (Å²) in [6.07, 6.45) is 1.06. The lowest BCUT2D eigenvalue weighted by Gasteiger charge is -2.26. The number of pyridine rings is 1. The fraction of sp³-hybridized carbons (Fsp3) is 0.500. The molecule has 0 fully saturated rings. The van der Waals surface area contributed by atoms with Crippen molar-refractivity contribution in [1.82, 2.24) is 4.98 Å². The van der Waals surface area contributed by atoms with Gasteiger partial charge in [0.25, 0.3) is 0 Å². The Hall–Kier alpha value is -1.49. The van der Waals surface area contributed by atoms with Crippen molar-refractivity contribution in [3.05, 3.63) is 17.3 Å². The zero-order valence-electron chi connectivity index (χ0n) is 11.0. The summed E-state index contributed by atoms with van der Waals surface area (Å²) in [5.74, 6) is 0.237. The number of anilines is 2. The molecule has 0 spiro atoms. The maximum absolute atomic E-state index is 12.0. The van der Waals surface area contributed by atoms with Crippen molar-refractivity contribution >= 4 is 29.2 Å². The van der Waals surface area contributed by atoms with Crippen molar-refractivity contribution < 1.29 is 9.53 Å². The van der Waals surface area contributed by atoms with Crippen molar-refractivity contribution in [2.75, 3.05) is 17.2 Å². The molecule has 0 aliphatic rings. The van der Waals surface area contributed by atoms with E-state index in [1.165, 1.54) is 11.1 Å². The Morgan fingerprint density at radius 2 is 2.17 bits per heavy atom. The molecule has 0 unspecified atom stereocenters. The summed E-state index contributed by atoms with van der Waals surface area (Å²) in [7, 11) is 0. The number of carbonyl (C=O) groups is 1. The quantitative estimate of drug-likeness (QED) is 0.897. The van der Waals surface area contributed by atoms with Gasteiger partial charge in [0, 0.05) is 6.54 Å². The Morgan fingerprint density at radius 1 is 1.56 bits per heavy atom. The van der Waals surface area contributed by atoms with E-state index in [2.05, 4.69) is 4.98 Å². The second kappa shape index (κ2) is 5.44. The number of rotatable bonds is 2. The van der Waals surface area contributed by atoms with Gasteiger partial charge in [0.2, 0.25) is 0 Å². The molecule has 1 aromatic heterocycles. The molecule has 2 N–H and O–H groups in total. The van der Waals surface area contributed by atoms with Gasteiger partial charge in [-0.3, -0.25) is 4.90 Å². The molecule has 18 heavy (non-hydrogen) atoms. The second-order valence-electron chi connectivity index (χ2n) is 4.79. The molecule has 1 heterocycles. The number of amides is 1. The minimum absolute atomic E-state index is 0.237. The fourth-order valence-corrected chi connectivity index (χ4v) is 1.48. The Kier molecular flexibility index (Phi) is 4.40. The van der Waals surface area contributed by atoms with Gasteiger partial charge in [-0.25, -0.2) is 9.78 Å². The summed E-state index contributed by atoms with van der Waals surface area (Å²) in [5.41, 5.74) is 5.55. The molecule has 0 aromatic carbocycles. The molecule has 0 bridgehead atoms. The third-order valence-corrected chi connectivity index (χ3v) is 2.40. The maximum Gasteiger partial charge on any atom is 0.414 e. The third kappa shape index (κ3) is 3.77. The van der Waals surface area contributed by atoms with Crippen LogP contribution in [0.25, 0.3) is 0 Å². The summed E-state index contributed by atoms with van der Waals surface area (Å²) in [4.78, 5) is 17.4. The Morgan fingerprint density at radius 3 is 2.61 bits per heavy atom. The van der Waals surface area contributed by atoms with Crippen molar-refractivity contribution in [3.63, 3.8) is 0 Å². The number of hydrogen-bond acceptors (Lipinski definition) is 4. The normalized spacial score (nSPS) is 11.2. The summed E-state index contributed by atoms with van der Waals surface area (Å²) in [6, 6.07) is 1.59. The molecule has 0 radical (unpaired) electrons. The van der Waals surface area contributed by atoms with E-state index < -0.39 is 11.7 Å². The topological polar surface area (TPSA) is 68.5 Å². The SMILES string of the molecule is CCN(C(=O)OC(C)(C)C)c1cnc(N)c(Cl)c1. The zero-order valence-corrected chi connectivity index (χ0v) is 11.8. The van der Waals surface area contributed by atoms with E-state index in [9.17, 15) is 4.79 Å². The van der Waals surface area contributed by atoms with Gasteiger partial charge < -0.3 is 10.5 Å². The molecule has 0 aliphatic carbocycles. The average molecular weight is 272 g/mol. The first-order valence-corrected chi connectivity index (χ1v) is 6.04. The van der Waals surface area contributed by atoms with Crippen LogP contribution in [0.2, 0.25) is 5.02 Å². The van der Waals surface area contributed by atoms with Gasteiger partial charge >= 0.3 is 6.09 Å². The standard InChI is InChI=1S/C12H18ClN3O2/c1-5-16(11(17)18-12(2,3)4)8-6-9(13)10(14)15-7-8/h6-7H,5H2,1-4H3,(H2,14,15). The lowest BCUT2D eigenvalue weighted by molar-refractivity contribution is 0.0582. The molecular weight excluding hydrogens is 254 g/mol. The van der Waals surface area contributed by atoms with Crippen molar-refractivity contribution in [3.8, 4) is 0 Å². The molecule has 0 saturated carbocycles. The third-order valence-electron chi connectivity index (χ3n) is 2.10. The van der Waals surface area contributed by atoms with Gasteiger partial charge in [0.1, 0.15) is 11.4 Å². The van der Waals surface area contributed by atoms with E-state index in [1.54, 1.807) is 6.07 Å². The van der Waals surface area contributed by atoms with Crippen LogP contribution in [0.3, 0.4) is 0 Å². The minimum Gasteiger partial charge on any atom is -0.443 e. The predicted molar refractivity (Wildman–Crippen MR) is 72.9 cm³/mol. The van der Waals surface area contributed by atoms with Crippen LogP contribution in [0.5, 0.6) is 0 Å². The number of carbonyl (C=O) groups excluding carboxylic acids is 1. The largest absolute Gasteiger partial charge is 0.443 e. The van der Waals surface area contributed by atoms with E-state index in [4.69, 9.17) is 22.1 Å². The summed E-state index contributed by atoms with van der Waals surface area (Å²) in [6.45, 7) is 7.73.